The molecule has 2 aromatic heterocycles. The number of nitrogens with one attached hydrogen (secondary N) is 1. The Morgan fingerprint density at radius 2 is 1.89 bits per heavy atom. The van der Waals surface area contributed by atoms with E-state index in [1.807, 2.05) is 6.92 Å². The van der Waals surface area contributed by atoms with E-state index in [1.54, 1.807) is 0 Å². The lowest BCUT2D eigenvalue weighted by Gasteiger charge is -2.64. The van der Waals surface area contributed by atoms with Crippen LogP contribution in [0, 0.1) is 11.6 Å². The third-order valence-corrected chi connectivity index (χ3v) is 7.70. The standard InChI is InChI=1S/C24H23F3N6O3/c1-22(4-5-22)33-20(28)16(21(29)35)19(31-33)12-3-2-11(17(25)18(12)26)6-14(34)30-15-7-13(32-36-15)23-8-24(27,9-23)10-23/h2-3,7H,4-6,8-10,28H2,1H3,(H2,29,35)(H,30,34). The molecule has 5 N–H and O–H groups in total. The van der Waals surface area contributed by atoms with Gasteiger partial charge in [-0.05, 0) is 45.1 Å². The fourth-order valence-corrected chi connectivity index (χ4v) is 5.45. The molecule has 2 bridgehead atoms. The molecule has 3 aromatic rings. The Labute approximate surface area is 203 Å². The van der Waals surface area contributed by atoms with Gasteiger partial charge in [0, 0.05) is 22.6 Å². The third kappa shape index (κ3) is 3.23. The largest absolute Gasteiger partial charge is 0.383 e. The van der Waals surface area contributed by atoms with E-state index in [2.05, 4.69) is 15.6 Å². The van der Waals surface area contributed by atoms with Gasteiger partial charge >= 0.3 is 0 Å². The Hall–Kier alpha value is -3.83. The van der Waals surface area contributed by atoms with Crippen LogP contribution in [0.15, 0.2) is 22.7 Å². The molecule has 7 rings (SSSR count). The monoisotopic (exact) mass is 500 g/mol. The highest BCUT2D eigenvalue weighted by atomic mass is 19.2. The fourth-order valence-electron chi connectivity index (χ4n) is 5.45. The number of hydrogen-bond donors (Lipinski definition) is 3. The number of carbonyl (C=O) groups excluding carboxylic acids is 2. The van der Waals surface area contributed by atoms with Gasteiger partial charge in [0.25, 0.3) is 5.91 Å². The summed E-state index contributed by atoms with van der Waals surface area (Å²) in [5, 5.41) is 10.7. The zero-order valence-corrected chi connectivity index (χ0v) is 19.3. The van der Waals surface area contributed by atoms with E-state index in [-0.39, 0.29) is 39.5 Å². The van der Waals surface area contributed by atoms with Crippen LogP contribution in [0.3, 0.4) is 0 Å². The van der Waals surface area contributed by atoms with E-state index < -0.39 is 41.1 Å². The van der Waals surface area contributed by atoms with Crippen molar-refractivity contribution in [3.8, 4) is 11.3 Å². The molecule has 0 spiro atoms. The molecule has 188 valence electrons. The minimum atomic E-state index is -1.28. The highest BCUT2D eigenvalue weighted by molar-refractivity contribution is 6.03. The van der Waals surface area contributed by atoms with Gasteiger partial charge in [0.05, 0.1) is 17.7 Å². The van der Waals surface area contributed by atoms with Crippen molar-refractivity contribution >= 4 is 23.5 Å². The minimum absolute atomic E-state index is 0.00673. The smallest absolute Gasteiger partial charge is 0.254 e. The number of nitrogen functional groups attached to an aromatic ring is 1. The van der Waals surface area contributed by atoms with Crippen molar-refractivity contribution in [1.82, 2.24) is 14.9 Å². The molecule has 12 heteroatoms. The molecular weight excluding hydrogens is 477 g/mol. The predicted octanol–water partition coefficient (Wildman–Crippen LogP) is 3.33. The van der Waals surface area contributed by atoms with Gasteiger partial charge in [0.1, 0.15) is 22.7 Å². The second kappa shape index (κ2) is 7.11. The molecule has 0 radical (unpaired) electrons. The van der Waals surface area contributed by atoms with Crippen molar-refractivity contribution in [1.29, 1.82) is 0 Å². The number of aromatic nitrogens is 3. The molecule has 4 aliphatic carbocycles. The number of alkyl halides is 1. The molecule has 0 aliphatic heterocycles. The quantitative estimate of drug-likeness (QED) is 0.454. The number of rotatable bonds is 7. The van der Waals surface area contributed by atoms with E-state index >= 15 is 4.39 Å². The van der Waals surface area contributed by atoms with Crippen LogP contribution >= 0.6 is 0 Å². The van der Waals surface area contributed by atoms with Gasteiger partial charge in [-0.3, -0.25) is 14.9 Å². The minimum Gasteiger partial charge on any atom is -0.383 e. The number of nitrogens with zero attached hydrogens (tertiary/aromatic N) is 3. The number of benzene rings is 1. The molecule has 36 heavy (non-hydrogen) atoms. The number of amides is 2. The molecule has 0 unspecified atom stereocenters. The van der Waals surface area contributed by atoms with E-state index in [4.69, 9.17) is 16.0 Å². The van der Waals surface area contributed by atoms with Crippen molar-refractivity contribution in [3.05, 3.63) is 46.7 Å². The average molecular weight is 500 g/mol. The maximum absolute atomic E-state index is 15.1. The van der Waals surface area contributed by atoms with Gasteiger partial charge < -0.3 is 16.0 Å². The number of anilines is 2. The van der Waals surface area contributed by atoms with Crippen LogP contribution < -0.4 is 16.8 Å². The second-order valence-corrected chi connectivity index (χ2v) is 10.5. The van der Waals surface area contributed by atoms with Gasteiger partial charge in [-0.1, -0.05) is 11.2 Å². The Kier molecular flexibility index (Phi) is 4.47. The van der Waals surface area contributed by atoms with Crippen LogP contribution in [0.1, 0.15) is 60.6 Å². The topological polar surface area (TPSA) is 142 Å². The highest BCUT2D eigenvalue weighted by Gasteiger charge is 2.71. The van der Waals surface area contributed by atoms with Crippen molar-refractivity contribution in [2.24, 2.45) is 5.73 Å². The summed E-state index contributed by atoms with van der Waals surface area (Å²) in [6, 6.07) is 4.00. The molecule has 2 heterocycles. The van der Waals surface area contributed by atoms with Crippen LogP contribution in [-0.2, 0) is 22.2 Å². The summed E-state index contributed by atoms with van der Waals surface area (Å²) >= 11 is 0. The van der Waals surface area contributed by atoms with Gasteiger partial charge in [-0.2, -0.15) is 5.10 Å². The highest BCUT2D eigenvalue weighted by Crippen LogP contribution is 2.69. The first kappa shape index (κ1) is 22.6. The lowest BCUT2D eigenvalue weighted by atomic mass is 9.41. The van der Waals surface area contributed by atoms with Gasteiger partial charge in [-0.15, -0.1) is 0 Å². The second-order valence-electron chi connectivity index (χ2n) is 10.5. The zero-order valence-electron chi connectivity index (χ0n) is 19.3. The summed E-state index contributed by atoms with van der Waals surface area (Å²) in [5.74, 6) is -4.06. The van der Waals surface area contributed by atoms with Gasteiger partial charge in [-0.25, -0.2) is 17.9 Å². The Morgan fingerprint density at radius 3 is 2.50 bits per heavy atom. The first-order chi connectivity index (χ1) is 16.9. The van der Waals surface area contributed by atoms with Crippen LogP contribution in [0.25, 0.3) is 11.3 Å². The van der Waals surface area contributed by atoms with Crippen molar-refractivity contribution in [2.45, 2.75) is 62.1 Å². The van der Waals surface area contributed by atoms with Crippen LogP contribution in [0.5, 0.6) is 0 Å². The molecule has 0 saturated heterocycles. The third-order valence-electron chi connectivity index (χ3n) is 7.70. The number of nitrogens with two attached hydrogens (primary N) is 2. The summed E-state index contributed by atoms with van der Waals surface area (Å²) in [6.07, 6.45) is 2.21. The number of halogens is 3. The van der Waals surface area contributed by atoms with E-state index in [0.29, 0.717) is 25.0 Å². The van der Waals surface area contributed by atoms with Crippen LogP contribution in [0.2, 0.25) is 0 Å². The molecule has 4 saturated carbocycles. The first-order valence-corrected chi connectivity index (χ1v) is 11.6. The molecule has 0 atom stereocenters. The van der Waals surface area contributed by atoms with Gasteiger partial charge in [0.15, 0.2) is 11.6 Å². The number of primary amides is 1. The van der Waals surface area contributed by atoms with Crippen molar-refractivity contribution in [3.63, 3.8) is 0 Å². The van der Waals surface area contributed by atoms with E-state index in [9.17, 15) is 18.4 Å². The van der Waals surface area contributed by atoms with E-state index in [0.717, 1.165) is 12.8 Å². The molecule has 2 amide bonds. The molecule has 4 fully saturated rings. The fraction of sp³-hybridized carbons (Fsp3) is 0.417. The summed E-state index contributed by atoms with van der Waals surface area (Å²) in [7, 11) is 0. The Balaban J connectivity index is 1.22. The summed E-state index contributed by atoms with van der Waals surface area (Å²) in [5.41, 5.74) is 9.43. The number of carbonyl (C=O) groups is 2. The normalized spacial score (nSPS) is 25.1. The van der Waals surface area contributed by atoms with E-state index in [1.165, 1.54) is 22.9 Å². The average Bonchev–Trinajstić information content (AvgIpc) is 3.18. The molecule has 1 aromatic carbocycles. The summed E-state index contributed by atoms with van der Waals surface area (Å²) < 4.78 is 50.4. The van der Waals surface area contributed by atoms with Gasteiger partial charge in [0.2, 0.25) is 11.8 Å². The number of hydrogen-bond acceptors (Lipinski definition) is 6. The summed E-state index contributed by atoms with van der Waals surface area (Å²) in [4.78, 5) is 24.5. The van der Waals surface area contributed by atoms with Crippen LogP contribution in [-0.4, -0.2) is 32.4 Å². The van der Waals surface area contributed by atoms with Crippen molar-refractivity contribution < 1.29 is 27.3 Å². The Morgan fingerprint density at radius 1 is 1.19 bits per heavy atom. The predicted molar refractivity (Wildman–Crippen MR) is 122 cm³/mol. The molecular formula is C24H23F3N6O3. The molecule has 9 nitrogen and oxygen atoms in total. The first-order valence-electron chi connectivity index (χ1n) is 11.6. The lowest BCUT2D eigenvalue weighted by Crippen LogP contribution is -2.67. The lowest BCUT2D eigenvalue weighted by molar-refractivity contribution is -0.160. The maximum atomic E-state index is 15.1. The maximum Gasteiger partial charge on any atom is 0.254 e. The summed E-state index contributed by atoms with van der Waals surface area (Å²) in [6.45, 7) is 1.88. The SMILES string of the molecule is CC1(n2nc(-c3ccc(CC(=O)Nc4cc(C56CC(F)(C5)C6)no4)c(F)c3F)c(C(N)=O)c2N)CC1. The van der Waals surface area contributed by atoms with Crippen LogP contribution in [0.4, 0.5) is 24.9 Å². The Bertz CT molecular complexity index is 1440. The van der Waals surface area contributed by atoms with Crippen molar-refractivity contribution in [2.75, 3.05) is 11.1 Å². The molecule has 4 aliphatic rings. The zero-order chi connectivity index (χ0) is 25.6.